The van der Waals surface area contributed by atoms with Gasteiger partial charge < -0.3 is 18.9 Å². The Hall–Kier alpha value is -3.57. The van der Waals surface area contributed by atoms with Crippen molar-refractivity contribution in [2.75, 3.05) is 12.8 Å². The molecule has 3 aromatic rings. The maximum atomic E-state index is 12.1. The standard InChI is InChI=1S/C22H23N4O8P/c1-13-20(27)21(14(2)32-13)33-19-7-6-15(11-24-19)9-16-10-18(34-25-16)17-5-4-8-26(22(17)23)12-31-35(28,29)30-3/h4-8,10-11,13,23H,9,12H2,1-3H3,(H,28,29)/p+1. The molecule has 0 spiro atoms. The minimum Gasteiger partial charge on any atom is -0.483 e. The van der Waals surface area contributed by atoms with Crippen LogP contribution in [0.1, 0.15) is 25.1 Å². The molecule has 0 aromatic carbocycles. The second-order valence-electron chi connectivity index (χ2n) is 7.66. The molecule has 13 heteroatoms. The van der Waals surface area contributed by atoms with Crippen molar-refractivity contribution in [1.29, 1.82) is 0 Å². The van der Waals surface area contributed by atoms with Crippen LogP contribution in [0.4, 0.5) is 5.82 Å². The van der Waals surface area contributed by atoms with Crippen LogP contribution in [0.3, 0.4) is 0 Å². The van der Waals surface area contributed by atoms with E-state index in [0.717, 1.165) is 12.7 Å². The Morgan fingerprint density at radius 1 is 1.31 bits per heavy atom. The number of nitrogen functional groups attached to an aromatic ring is 1. The predicted molar refractivity (Wildman–Crippen MR) is 120 cm³/mol. The highest BCUT2D eigenvalue weighted by Crippen LogP contribution is 2.41. The van der Waals surface area contributed by atoms with Gasteiger partial charge in [0, 0.05) is 31.9 Å². The van der Waals surface area contributed by atoms with E-state index in [0.29, 0.717) is 29.2 Å². The monoisotopic (exact) mass is 503 g/mol. The third-order valence-corrected chi connectivity index (χ3v) is 6.09. The molecule has 1 aliphatic heterocycles. The van der Waals surface area contributed by atoms with Crippen LogP contribution in [0.2, 0.25) is 0 Å². The SMILES string of the molecule is COP(=O)(O)OC[n+]1cccc(-c2cc(Cc3ccc(OC4=C(C)OC(C)C4=O)nc3)no2)c1N. The molecule has 4 rings (SSSR count). The van der Waals surface area contributed by atoms with Crippen molar-refractivity contribution in [3.05, 3.63) is 65.5 Å². The summed E-state index contributed by atoms with van der Waals surface area (Å²) >= 11 is 0. The zero-order chi connectivity index (χ0) is 25.2. The Kier molecular flexibility index (Phi) is 6.99. The van der Waals surface area contributed by atoms with Crippen molar-refractivity contribution < 1.29 is 41.9 Å². The quantitative estimate of drug-likeness (QED) is 0.326. The number of hydrogen-bond acceptors (Lipinski definition) is 10. The van der Waals surface area contributed by atoms with E-state index in [-0.39, 0.29) is 30.0 Å². The summed E-state index contributed by atoms with van der Waals surface area (Å²) in [6.07, 6.45) is 3.07. The summed E-state index contributed by atoms with van der Waals surface area (Å²) in [6.45, 7) is 3.04. The average Bonchev–Trinajstić information content (AvgIpc) is 3.39. The van der Waals surface area contributed by atoms with Crippen LogP contribution in [0.5, 0.6) is 5.88 Å². The molecule has 2 unspecified atom stereocenters. The summed E-state index contributed by atoms with van der Waals surface area (Å²) < 4.78 is 38.7. The lowest BCUT2D eigenvalue weighted by Crippen LogP contribution is -2.38. The number of rotatable bonds is 9. The van der Waals surface area contributed by atoms with Gasteiger partial charge in [0.25, 0.3) is 5.82 Å². The molecule has 1 aliphatic rings. The molecule has 3 aromatic heterocycles. The number of nitrogens with two attached hydrogens (primary N) is 1. The first kappa shape index (κ1) is 24.6. The summed E-state index contributed by atoms with van der Waals surface area (Å²) in [5, 5.41) is 4.09. The van der Waals surface area contributed by atoms with Crippen LogP contribution in [0.25, 0.3) is 11.3 Å². The molecule has 35 heavy (non-hydrogen) atoms. The molecule has 0 amide bonds. The van der Waals surface area contributed by atoms with E-state index < -0.39 is 13.9 Å². The second kappa shape index (κ2) is 9.96. The number of anilines is 1. The van der Waals surface area contributed by atoms with Gasteiger partial charge in [0.05, 0.1) is 11.9 Å². The Morgan fingerprint density at radius 2 is 2.11 bits per heavy atom. The Balaban J connectivity index is 1.43. The van der Waals surface area contributed by atoms with Crippen molar-refractivity contribution in [3.63, 3.8) is 0 Å². The number of Topliss-reactive ketones (excluding diaryl/α,β-unsaturated/α-hetero) is 1. The molecule has 2 atom stereocenters. The average molecular weight is 503 g/mol. The minimum absolute atomic E-state index is 0.158. The van der Waals surface area contributed by atoms with E-state index >= 15 is 0 Å². The normalized spacial score (nSPS) is 17.4. The molecule has 12 nitrogen and oxygen atoms in total. The number of carbonyl (C=O) groups excluding carboxylic acids is 1. The van der Waals surface area contributed by atoms with Crippen molar-refractivity contribution in [1.82, 2.24) is 10.1 Å². The van der Waals surface area contributed by atoms with Gasteiger partial charge in [-0.25, -0.2) is 18.6 Å². The topological polar surface area (TPSA) is 160 Å². The lowest BCUT2D eigenvalue weighted by Gasteiger charge is -2.09. The third kappa shape index (κ3) is 5.57. The van der Waals surface area contributed by atoms with Crippen LogP contribution >= 0.6 is 7.82 Å². The molecular formula is C22H24N4O8P+. The van der Waals surface area contributed by atoms with Crippen LogP contribution in [-0.2, 0) is 36.3 Å². The molecule has 0 saturated carbocycles. The summed E-state index contributed by atoms with van der Waals surface area (Å²) in [6, 6.07) is 8.61. The van der Waals surface area contributed by atoms with Crippen molar-refractivity contribution in [3.8, 4) is 17.2 Å². The minimum atomic E-state index is -4.15. The number of pyridine rings is 2. The van der Waals surface area contributed by atoms with E-state index in [1.54, 1.807) is 56.6 Å². The summed E-state index contributed by atoms with van der Waals surface area (Å²) in [5.41, 5.74) is 8.19. The molecular weight excluding hydrogens is 479 g/mol. The number of nitrogens with zero attached hydrogens (tertiary/aromatic N) is 3. The zero-order valence-corrected chi connectivity index (χ0v) is 20.1. The fraction of sp³-hybridized carbons (Fsp3) is 0.273. The van der Waals surface area contributed by atoms with E-state index in [4.69, 9.17) is 24.3 Å². The maximum Gasteiger partial charge on any atom is 0.475 e. The first-order valence-corrected chi connectivity index (χ1v) is 12.0. The van der Waals surface area contributed by atoms with E-state index in [1.807, 2.05) is 0 Å². The first-order chi connectivity index (χ1) is 16.7. The van der Waals surface area contributed by atoms with Gasteiger partial charge in [-0.15, -0.1) is 0 Å². The number of aromatic nitrogens is 3. The summed E-state index contributed by atoms with van der Waals surface area (Å²) in [5.74, 6) is 1.31. The molecule has 0 fully saturated rings. The van der Waals surface area contributed by atoms with Crippen molar-refractivity contribution in [2.45, 2.75) is 33.1 Å². The number of allylic oxidation sites excluding steroid dienone is 1. The molecule has 4 heterocycles. The third-order valence-electron chi connectivity index (χ3n) is 5.19. The highest BCUT2D eigenvalue weighted by atomic mass is 31.2. The van der Waals surface area contributed by atoms with Gasteiger partial charge in [-0.2, -0.15) is 0 Å². The van der Waals surface area contributed by atoms with Crippen molar-refractivity contribution in [2.24, 2.45) is 0 Å². The van der Waals surface area contributed by atoms with Gasteiger partial charge in [-0.3, -0.25) is 15.1 Å². The number of carbonyl (C=O) groups is 1. The smallest absolute Gasteiger partial charge is 0.475 e. The lowest BCUT2D eigenvalue weighted by molar-refractivity contribution is -0.711. The zero-order valence-electron chi connectivity index (χ0n) is 19.2. The molecule has 0 bridgehead atoms. The van der Waals surface area contributed by atoms with Crippen LogP contribution in [-0.4, -0.2) is 34.0 Å². The highest BCUT2D eigenvalue weighted by Gasteiger charge is 2.32. The Morgan fingerprint density at radius 3 is 2.77 bits per heavy atom. The molecule has 0 saturated heterocycles. The van der Waals surface area contributed by atoms with Crippen molar-refractivity contribution >= 4 is 19.4 Å². The molecule has 0 aliphatic carbocycles. The largest absolute Gasteiger partial charge is 0.483 e. The van der Waals surface area contributed by atoms with E-state index in [9.17, 15) is 14.3 Å². The fourth-order valence-electron chi connectivity index (χ4n) is 3.34. The summed E-state index contributed by atoms with van der Waals surface area (Å²) in [4.78, 5) is 25.8. The van der Waals surface area contributed by atoms with Gasteiger partial charge in [0.2, 0.25) is 24.2 Å². The Labute approximate surface area is 200 Å². The Bertz CT molecular complexity index is 1320. The van der Waals surface area contributed by atoms with E-state index in [1.165, 1.54) is 4.57 Å². The van der Waals surface area contributed by atoms with Crippen LogP contribution < -0.4 is 15.0 Å². The number of ether oxygens (including phenoxy) is 2. The van der Waals surface area contributed by atoms with Gasteiger partial charge in [0.15, 0.2) is 11.9 Å². The molecule has 184 valence electrons. The number of ketones is 1. The molecule has 3 N–H and O–H groups in total. The first-order valence-electron chi connectivity index (χ1n) is 10.5. The van der Waals surface area contributed by atoms with Gasteiger partial charge in [-0.1, -0.05) is 11.2 Å². The van der Waals surface area contributed by atoms with Gasteiger partial charge in [0.1, 0.15) is 11.3 Å². The fourth-order valence-corrected chi connectivity index (χ4v) is 3.71. The lowest BCUT2D eigenvalue weighted by atomic mass is 10.1. The van der Waals surface area contributed by atoms with Crippen LogP contribution in [0, 0.1) is 0 Å². The van der Waals surface area contributed by atoms with Crippen LogP contribution in [0.15, 0.2) is 58.8 Å². The maximum absolute atomic E-state index is 12.1. The summed E-state index contributed by atoms with van der Waals surface area (Å²) in [7, 11) is -3.08. The van der Waals surface area contributed by atoms with Gasteiger partial charge in [-0.05, 0) is 31.5 Å². The molecule has 0 radical (unpaired) electrons. The van der Waals surface area contributed by atoms with Gasteiger partial charge >= 0.3 is 7.82 Å². The highest BCUT2D eigenvalue weighted by molar-refractivity contribution is 7.47. The number of phosphoric acid groups is 1. The number of hydrogen-bond donors (Lipinski definition) is 2. The van der Waals surface area contributed by atoms with E-state index in [2.05, 4.69) is 14.7 Å². The predicted octanol–water partition coefficient (Wildman–Crippen LogP) is 2.52. The second-order valence-corrected chi connectivity index (χ2v) is 9.22. The number of phosphoric ester groups is 1.